The summed E-state index contributed by atoms with van der Waals surface area (Å²) in [7, 11) is 0. The Morgan fingerprint density at radius 2 is 1.33 bits per heavy atom. The van der Waals surface area contributed by atoms with Gasteiger partial charge in [-0.1, -0.05) is 85.0 Å². The van der Waals surface area contributed by atoms with Crippen LogP contribution in [0, 0.1) is 11.3 Å². The molecule has 0 aliphatic heterocycles. The number of nitrogens with two attached hydrogens (primary N) is 1. The van der Waals surface area contributed by atoms with Gasteiger partial charge in [-0.15, -0.1) is 0 Å². The van der Waals surface area contributed by atoms with Crippen LogP contribution in [0.4, 0.5) is 0 Å². The molecule has 2 unspecified atom stereocenters. The predicted octanol–water partition coefficient (Wildman–Crippen LogP) is 6.45. The second-order valence-electron chi connectivity index (χ2n) is 7.83. The highest BCUT2D eigenvalue weighted by Gasteiger charge is 2.37. The van der Waals surface area contributed by atoms with Gasteiger partial charge in [0.25, 0.3) is 0 Å². The Balaban J connectivity index is 2.53. The highest BCUT2D eigenvalue weighted by molar-refractivity contribution is 4.91. The van der Waals surface area contributed by atoms with E-state index < -0.39 is 0 Å². The van der Waals surface area contributed by atoms with Crippen LogP contribution in [0.2, 0.25) is 0 Å². The molecular formula is C20H41N. The van der Waals surface area contributed by atoms with Crippen LogP contribution >= 0.6 is 0 Å². The van der Waals surface area contributed by atoms with Gasteiger partial charge < -0.3 is 5.73 Å². The van der Waals surface area contributed by atoms with Gasteiger partial charge in [0.15, 0.2) is 0 Å². The van der Waals surface area contributed by atoms with E-state index in [-0.39, 0.29) is 0 Å². The summed E-state index contributed by atoms with van der Waals surface area (Å²) < 4.78 is 0. The van der Waals surface area contributed by atoms with Crippen molar-refractivity contribution in [3.8, 4) is 0 Å². The SMILES string of the molecule is CCCCCCC(C)(CCCCCC)C1CCCCC1N. The summed E-state index contributed by atoms with van der Waals surface area (Å²) in [5, 5.41) is 0. The van der Waals surface area contributed by atoms with Crippen LogP contribution in [0.15, 0.2) is 0 Å². The number of unbranched alkanes of at least 4 members (excludes halogenated alkanes) is 6. The molecule has 1 aliphatic rings. The van der Waals surface area contributed by atoms with Gasteiger partial charge in [-0.25, -0.2) is 0 Å². The van der Waals surface area contributed by atoms with Crippen molar-refractivity contribution < 1.29 is 0 Å². The minimum Gasteiger partial charge on any atom is -0.327 e. The quantitative estimate of drug-likeness (QED) is 0.435. The molecule has 1 heteroatoms. The molecule has 0 bridgehead atoms. The molecule has 0 amide bonds. The third kappa shape index (κ3) is 6.72. The van der Waals surface area contributed by atoms with Crippen molar-refractivity contribution in [2.75, 3.05) is 0 Å². The second kappa shape index (κ2) is 10.6. The van der Waals surface area contributed by atoms with Crippen molar-refractivity contribution in [2.45, 2.75) is 117 Å². The van der Waals surface area contributed by atoms with Gasteiger partial charge in [0.1, 0.15) is 0 Å². The summed E-state index contributed by atoms with van der Waals surface area (Å²) in [5.74, 6) is 0.787. The Bertz CT molecular complexity index is 236. The van der Waals surface area contributed by atoms with E-state index in [4.69, 9.17) is 5.73 Å². The van der Waals surface area contributed by atoms with E-state index in [0.717, 1.165) is 5.92 Å². The fourth-order valence-electron chi connectivity index (χ4n) is 4.43. The third-order valence-corrected chi connectivity index (χ3v) is 5.92. The van der Waals surface area contributed by atoms with E-state index in [9.17, 15) is 0 Å². The summed E-state index contributed by atoms with van der Waals surface area (Å²) in [6, 6.07) is 0.473. The first-order valence-corrected chi connectivity index (χ1v) is 9.89. The van der Waals surface area contributed by atoms with Crippen LogP contribution in [-0.4, -0.2) is 6.04 Å². The van der Waals surface area contributed by atoms with Gasteiger partial charge >= 0.3 is 0 Å². The van der Waals surface area contributed by atoms with E-state index in [2.05, 4.69) is 20.8 Å². The number of hydrogen-bond donors (Lipinski definition) is 1. The van der Waals surface area contributed by atoms with E-state index in [1.807, 2.05) is 0 Å². The zero-order chi connectivity index (χ0) is 15.6. The first kappa shape index (κ1) is 19.0. The normalized spacial score (nSPS) is 23.4. The van der Waals surface area contributed by atoms with E-state index in [0.29, 0.717) is 11.5 Å². The van der Waals surface area contributed by atoms with Gasteiger partial charge in [-0.2, -0.15) is 0 Å². The molecule has 1 saturated carbocycles. The summed E-state index contributed by atoms with van der Waals surface area (Å²) in [6.07, 6.45) is 19.4. The third-order valence-electron chi connectivity index (χ3n) is 5.92. The smallest absolute Gasteiger partial charge is 0.00723 e. The van der Waals surface area contributed by atoms with Gasteiger partial charge in [0, 0.05) is 6.04 Å². The van der Waals surface area contributed by atoms with Crippen molar-refractivity contribution in [3.05, 3.63) is 0 Å². The molecule has 1 aliphatic carbocycles. The zero-order valence-electron chi connectivity index (χ0n) is 15.1. The topological polar surface area (TPSA) is 26.0 Å². The maximum absolute atomic E-state index is 6.53. The average molecular weight is 296 g/mol. The van der Waals surface area contributed by atoms with Crippen molar-refractivity contribution in [1.29, 1.82) is 0 Å². The fourth-order valence-corrected chi connectivity index (χ4v) is 4.43. The summed E-state index contributed by atoms with van der Waals surface area (Å²) in [6.45, 7) is 7.18. The van der Waals surface area contributed by atoms with E-state index in [1.165, 1.54) is 89.9 Å². The van der Waals surface area contributed by atoms with Crippen molar-refractivity contribution in [3.63, 3.8) is 0 Å². The summed E-state index contributed by atoms with van der Waals surface area (Å²) >= 11 is 0. The molecule has 0 radical (unpaired) electrons. The molecule has 0 saturated heterocycles. The van der Waals surface area contributed by atoms with Gasteiger partial charge in [0.2, 0.25) is 0 Å². The van der Waals surface area contributed by atoms with Crippen molar-refractivity contribution in [2.24, 2.45) is 17.1 Å². The van der Waals surface area contributed by atoms with Gasteiger partial charge in [-0.3, -0.25) is 0 Å². The lowest BCUT2D eigenvalue weighted by Gasteiger charge is -2.44. The minimum absolute atomic E-state index is 0.473. The molecular weight excluding hydrogens is 254 g/mol. The Labute approximate surface area is 134 Å². The first-order chi connectivity index (χ1) is 10.1. The van der Waals surface area contributed by atoms with Crippen molar-refractivity contribution in [1.82, 2.24) is 0 Å². The monoisotopic (exact) mass is 295 g/mol. The van der Waals surface area contributed by atoms with Crippen LogP contribution in [0.5, 0.6) is 0 Å². The fraction of sp³-hybridized carbons (Fsp3) is 1.00. The molecule has 1 nitrogen and oxygen atoms in total. The largest absolute Gasteiger partial charge is 0.327 e. The molecule has 1 fully saturated rings. The molecule has 1 rings (SSSR count). The minimum atomic E-state index is 0.473. The second-order valence-corrected chi connectivity index (χ2v) is 7.83. The van der Waals surface area contributed by atoms with Gasteiger partial charge in [0.05, 0.1) is 0 Å². The highest BCUT2D eigenvalue weighted by atomic mass is 14.7. The predicted molar refractivity (Wildman–Crippen MR) is 95.6 cm³/mol. The lowest BCUT2D eigenvalue weighted by atomic mass is 9.63. The Morgan fingerprint density at radius 1 is 0.810 bits per heavy atom. The highest BCUT2D eigenvalue weighted by Crippen LogP contribution is 2.45. The standard InChI is InChI=1S/C20H41N/c1-4-6-8-12-16-20(3,17-13-9-7-5-2)18-14-10-11-15-19(18)21/h18-19H,4-17,21H2,1-3H3. The molecule has 0 aromatic rings. The maximum Gasteiger partial charge on any atom is 0.00723 e. The summed E-state index contributed by atoms with van der Waals surface area (Å²) in [4.78, 5) is 0. The van der Waals surface area contributed by atoms with Gasteiger partial charge in [-0.05, 0) is 37.0 Å². The van der Waals surface area contributed by atoms with Crippen LogP contribution < -0.4 is 5.73 Å². The molecule has 0 aromatic heterocycles. The maximum atomic E-state index is 6.53. The zero-order valence-corrected chi connectivity index (χ0v) is 15.1. The number of hydrogen-bond acceptors (Lipinski definition) is 1. The Hall–Kier alpha value is -0.0400. The van der Waals surface area contributed by atoms with Crippen LogP contribution in [0.25, 0.3) is 0 Å². The lowest BCUT2D eigenvalue weighted by Crippen LogP contribution is -2.43. The molecule has 0 heterocycles. The summed E-state index contributed by atoms with van der Waals surface area (Å²) in [5.41, 5.74) is 7.04. The average Bonchev–Trinajstić information content (AvgIpc) is 2.49. The van der Waals surface area contributed by atoms with E-state index >= 15 is 0 Å². The first-order valence-electron chi connectivity index (χ1n) is 9.89. The molecule has 0 aromatic carbocycles. The Kier molecular flexibility index (Phi) is 9.64. The number of rotatable bonds is 11. The molecule has 21 heavy (non-hydrogen) atoms. The molecule has 2 N–H and O–H groups in total. The molecule has 2 atom stereocenters. The van der Waals surface area contributed by atoms with Crippen LogP contribution in [0.3, 0.4) is 0 Å². The van der Waals surface area contributed by atoms with Crippen LogP contribution in [0.1, 0.15) is 111 Å². The molecule has 126 valence electrons. The van der Waals surface area contributed by atoms with E-state index in [1.54, 1.807) is 0 Å². The lowest BCUT2D eigenvalue weighted by molar-refractivity contribution is 0.0878. The Morgan fingerprint density at radius 3 is 1.81 bits per heavy atom. The molecule has 0 spiro atoms. The van der Waals surface area contributed by atoms with Crippen LogP contribution in [-0.2, 0) is 0 Å². The van der Waals surface area contributed by atoms with Crippen molar-refractivity contribution >= 4 is 0 Å².